The summed E-state index contributed by atoms with van der Waals surface area (Å²) in [6.07, 6.45) is 0. The average Bonchev–Trinajstić information content (AvgIpc) is 2.56. The van der Waals surface area contributed by atoms with Gasteiger partial charge in [-0.15, -0.1) is 24.0 Å². The minimum absolute atomic E-state index is 0. The van der Waals surface area contributed by atoms with Gasteiger partial charge in [-0.3, -0.25) is 4.90 Å². The number of nitrogens with two attached hydrogens (primary N) is 1. The number of aryl methyl sites for hydroxylation is 1. The van der Waals surface area contributed by atoms with Gasteiger partial charge in [-0.1, -0.05) is 42.0 Å². The number of hydrogen-bond acceptors (Lipinski definition) is 2. The van der Waals surface area contributed by atoms with Crippen LogP contribution in [0.15, 0.2) is 53.5 Å². The highest BCUT2D eigenvalue weighted by Crippen LogP contribution is 2.14. The van der Waals surface area contributed by atoms with Crippen LogP contribution in [0.5, 0.6) is 0 Å². The minimum atomic E-state index is 0. The predicted octanol–water partition coefficient (Wildman–Crippen LogP) is 4.38. The Morgan fingerprint density at radius 2 is 1.68 bits per heavy atom. The topological polar surface area (TPSA) is 53.6 Å². The van der Waals surface area contributed by atoms with Crippen molar-refractivity contribution in [1.29, 1.82) is 0 Å². The van der Waals surface area contributed by atoms with Gasteiger partial charge in [0.05, 0.1) is 6.54 Å². The second-order valence-corrected chi connectivity index (χ2v) is 6.47. The Bertz CT molecular complexity index is 680. The van der Waals surface area contributed by atoms with Crippen LogP contribution in [0.2, 0.25) is 0 Å². The first kappa shape index (κ1) is 21.4. The molecule has 2 aromatic carbocycles. The van der Waals surface area contributed by atoms with Crippen molar-refractivity contribution in [2.75, 3.05) is 12.4 Å². The van der Waals surface area contributed by atoms with E-state index in [1.165, 1.54) is 16.7 Å². The molecule has 25 heavy (non-hydrogen) atoms. The Kier molecular flexibility index (Phi) is 8.92. The summed E-state index contributed by atoms with van der Waals surface area (Å²) in [4.78, 5) is 6.81. The van der Waals surface area contributed by atoms with E-state index >= 15 is 0 Å². The van der Waals surface area contributed by atoms with Crippen LogP contribution >= 0.6 is 24.0 Å². The number of anilines is 1. The van der Waals surface area contributed by atoms with Gasteiger partial charge in [0, 0.05) is 18.3 Å². The highest BCUT2D eigenvalue weighted by molar-refractivity contribution is 14.0. The molecule has 0 spiro atoms. The van der Waals surface area contributed by atoms with Gasteiger partial charge in [0.2, 0.25) is 0 Å². The van der Waals surface area contributed by atoms with Crippen LogP contribution in [0.25, 0.3) is 0 Å². The first-order valence-electron chi connectivity index (χ1n) is 8.36. The van der Waals surface area contributed by atoms with Crippen molar-refractivity contribution in [1.82, 2.24) is 4.90 Å². The van der Waals surface area contributed by atoms with Gasteiger partial charge in [0.15, 0.2) is 5.96 Å². The van der Waals surface area contributed by atoms with Gasteiger partial charge in [-0.05, 0) is 51.1 Å². The monoisotopic (exact) mass is 452 g/mol. The Balaban J connectivity index is 0.00000312. The molecule has 2 rings (SSSR count). The molecule has 0 aliphatic rings. The Hall–Kier alpha value is -1.60. The summed E-state index contributed by atoms with van der Waals surface area (Å²) in [5.74, 6) is 0.436. The van der Waals surface area contributed by atoms with Crippen LogP contribution < -0.4 is 11.1 Å². The van der Waals surface area contributed by atoms with Gasteiger partial charge in [-0.2, -0.15) is 0 Å². The summed E-state index contributed by atoms with van der Waals surface area (Å²) in [6.45, 7) is 7.95. The van der Waals surface area contributed by atoms with Crippen LogP contribution in [-0.4, -0.2) is 23.9 Å². The molecule has 3 N–H and O–H groups in total. The third-order valence-electron chi connectivity index (χ3n) is 4.16. The van der Waals surface area contributed by atoms with Crippen molar-refractivity contribution in [3.63, 3.8) is 0 Å². The van der Waals surface area contributed by atoms with E-state index < -0.39 is 0 Å². The standard InChI is InChI=1S/C20H28N4.HI/c1-15(2)24(4)14-18-8-6-5-7-17(18)13-22-20(21)23-19-11-9-16(3)10-12-19;/h5-12,15H,13-14H2,1-4H3,(H3,21,22,23);1H. The number of guanidine groups is 1. The SMILES string of the molecule is Cc1ccc(NC(N)=NCc2ccccc2CN(C)C(C)C)cc1.I. The quantitative estimate of drug-likeness (QED) is 0.389. The molecule has 0 bridgehead atoms. The number of nitrogens with one attached hydrogen (secondary N) is 1. The first-order chi connectivity index (χ1) is 11.5. The lowest BCUT2D eigenvalue weighted by molar-refractivity contribution is 0.265. The predicted molar refractivity (Wildman–Crippen MR) is 119 cm³/mol. The average molecular weight is 452 g/mol. The zero-order valence-corrected chi connectivity index (χ0v) is 17.8. The lowest BCUT2D eigenvalue weighted by Crippen LogP contribution is -2.26. The number of hydrogen-bond donors (Lipinski definition) is 2. The van der Waals surface area contributed by atoms with Crippen molar-refractivity contribution in [3.05, 3.63) is 65.2 Å². The maximum Gasteiger partial charge on any atom is 0.193 e. The van der Waals surface area contributed by atoms with E-state index in [4.69, 9.17) is 5.73 Å². The summed E-state index contributed by atoms with van der Waals surface area (Å²) in [5.41, 5.74) is 10.7. The maximum atomic E-state index is 6.02. The van der Waals surface area contributed by atoms with Gasteiger partial charge in [0.25, 0.3) is 0 Å². The van der Waals surface area contributed by atoms with Crippen LogP contribution in [0.3, 0.4) is 0 Å². The molecule has 0 heterocycles. The summed E-state index contributed by atoms with van der Waals surface area (Å²) in [6, 6.07) is 17.0. The molecule has 0 saturated heterocycles. The molecular formula is C20H29IN4. The number of aliphatic imine (C=N–C) groups is 1. The fraction of sp³-hybridized carbons (Fsp3) is 0.350. The molecule has 0 aromatic heterocycles. The molecule has 0 fully saturated rings. The van der Waals surface area contributed by atoms with Crippen molar-refractivity contribution in [2.45, 2.75) is 39.9 Å². The second kappa shape index (κ2) is 10.4. The first-order valence-corrected chi connectivity index (χ1v) is 8.36. The summed E-state index contributed by atoms with van der Waals surface area (Å²) in [5, 5.41) is 3.14. The minimum Gasteiger partial charge on any atom is -0.370 e. The smallest absolute Gasteiger partial charge is 0.193 e. The lowest BCUT2D eigenvalue weighted by atomic mass is 10.1. The van der Waals surface area contributed by atoms with E-state index in [0.717, 1.165) is 12.2 Å². The van der Waals surface area contributed by atoms with Gasteiger partial charge < -0.3 is 11.1 Å². The van der Waals surface area contributed by atoms with E-state index in [1.54, 1.807) is 0 Å². The summed E-state index contributed by atoms with van der Waals surface area (Å²) < 4.78 is 0. The van der Waals surface area contributed by atoms with E-state index in [1.807, 2.05) is 30.3 Å². The Morgan fingerprint density at radius 1 is 1.08 bits per heavy atom. The van der Waals surface area contributed by atoms with Crippen LogP contribution in [0.1, 0.15) is 30.5 Å². The van der Waals surface area contributed by atoms with Gasteiger partial charge >= 0.3 is 0 Å². The van der Waals surface area contributed by atoms with Crippen molar-refractivity contribution >= 4 is 35.6 Å². The van der Waals surface area contributed by atoms with Crippen LogP contribution in [-0.2, 0) is 13.1 Å². The highest BCUT2D eigenvalue weighted by Gasteiger charge is 2.07. The van der Waals surface area contributed by atoms with Crippen LogP contribution in [0, 0.1) is 6.92 Å². The van der Waals surface area contributed by atoms with Gasteiger partial charge in [-0.25, -0.2) is 4.99 Å². The van der Waals surface area contributed by atoms with Crippen LogP contribution in [0.4, 0.5) is 5.69 Å². The molecule has 0 atom stereocenters. The highest BCUT2D eigenvalue weighted by atomic mass is 127. The number of benzene rings is 2. The molecule has 0 amide bonds. The zero-order valence-electron chi connectivity index (χ0n) is 15.5. The van der Waals surface area contributed by atoms with Gasteiger partial charge in [0.1, 0.15) is 0 Å². The molecule has 0 aliphatic heterocycles. The number of nitrogens with zero attached hydrogens (tertiary/aromatic N) is 2. The number of rotatable bonds is 6. The molecule has 0 aliphatic carbocycles. The Labute approximate surface area is 168 Å². The third-order valence-corrected chi connectivity index (χ3v) is 4.16. The van der Waals surface area contributed by atoms with E-state index in [2.05, 4.69) is 61.2 Å². The Morgan fingerprint density at radius 3 is 2.28 bits per heavy atom. The fourth-order valence-corrected chi connectivity index (χ4v) is 2.31. The number of halogens is 1. The summed E-state index contributed by atoms with van der Waals surface area (Å²) in [7, 11) is 2.14. The van der Waals surface area contributed by atoms with Crippen molar-refractivity contribution in [3.8, 4) is 0 Å². The molecule has 4 nitrogen and oxygen atoms in total. The van der Waals surface area contributed by atoms with E-state index in [9.17, 15) is 0 Å². The molecule has 136 valence electrons. The van der Waals surface area contributed by atoms with Crippen molar-refractivity contribution in [2.24, 2.45) is 10.7 Å². The zero-order chi connectivity index (χ0) is 17.5. The molecule has 0 saturated carbocycles. The van der Waals surface area contributed by atoms with E-state index in [0.29, 0.717) is 18.5 Å². The fourth-order valence-electron chi connectivity index (χ4n) is 2.31. The normalized spacial score (nSPS) is 11.5. The molecule has 5 heteroatoms. The molecule has 0 unspecified atom stereocenters. The lowest BCUT2D eigenvalue weighted by Gasteiger charge is -2.22. The maximum absolute atomic E-state index is 6.02. The largest absolute Gasteiger partial charge is 0.370 e. The summed E-state index contributed by atoms with van der Waals surface area (Å²) >= 11 is 0. The molecular weight excluding hydrogens is 423 g/mol. The third kappa shape index (κ3) is 7.04. The molecule has 0 radical (unpaired) electrons. The van der Waals surface area contributed by atoms with E-state index in [-0.39, 0.29) is 24.0 Å². The second-order valence-electron chi connectivity index (χ2n) is 6.47. The molecule has 2 aromatic rings. The van der Waals surface area contributed by atoms with Crippen molar-refractivity contribution < 1.29 is 0 Å².